The molecule has 0 aromatic heterocycles. The van der Waals surface area contributed by atoms with Gasteiger partial charge in [-0.25, -0.2) is 9.69 Å². The zero-order valence-electron chi connectivity index (χ0n) is 12.0. The number of methoxy groups -OCH3 is 1. The third-order valence-electron chi connectivity index (χ3n) is 2.75. The fourth-order valence-electron chi connectivity index (χ4n) is 1.73. The Morgan fingerprint density at radius 1 is 1.13 bits per heavy atom. The minimum atomic E-state index is -4.92. The Balaban J connectivity index is 3.64. The summed E-state index contributed by atoms with van der Waals surface area (Å²) in [5.41, 5.74) is -2.45. The van der Waals surface area contributed by atoms with E-state index >= 15 is 0 Å². The average Bonchev–Trinajstić information content (AvgIpc) is 2.52. The van der Waals surface area contributed by atoms with Crippen molar-refractivity contribution in [3.63, 3.8) is 0 Å². The smallest absolute Gasteiger partial charge is 0.418 e. The first-order chi connectivity index (χ1) is 10.7. The molecule has 0 fully saturated rings. The van der Waals surface area contributed by atoms with Crippen LogP contribution in [0, 0.1) is 0 Å². The van der Waals surface area contributed by atoms with Gasteiger partial charge in [0.1, 0.15) is 0 Å². The van der Waals surface area contributed by atoms with Crippen molar-refractivity contribution >= 4 is 23.5 Å². The number of anilines is 1. The molecular formula is C15H12F3NO4. The number of carbonyl (C=O) groups is 3. The summed E-state index contributed by atoms with van der Waals surface area (Å²) in [5.74, 6) is -3.11. The number of esters is 1. The maximum atomic E-state index is 13.2. The van der Waals surface area contributed by atoms with Crippen LogP contribution in [0.2, 0.25) is 0 Å². The number of benzene rings is 1. The van der Waals surface area contributed by atoms with Gasteiger partial charge in [0.05, 0.1) is 23.9 Å². The molecule has 0 unspecified atom stereocenters. The number of amides is 2. The quantitative estimate of drug-likeness (QED) is 0.630. The van der Waals surface area contributed by atoms with Gasteiger partial charge in [-0.2, -0.15) is 13.2 Å². The highest BCUT2D eigenvalue weighted by Crippen LogP contribution is 2.37. The lowest BCUT2D eigenvalue weighted by molar-refractivity contribution is -0.137. The van der Waals surface area contributed by atoms with Crippen molar-refractivity contribution < 1.29 is 32.3 Å². The van der Waals surface area contributed by atoms with Gasteiger partial charge in [-0.15, -0.1) is 0 Å². The van der Waals surface area contributed by atoms with Crippen LogP contribution in [0.4, 0.5) is 18.9 Å². The van der Waals surface area contributed by atoms with Crippen molar-refractivity contribution in [2.45, 2.75) is 6.18 Å². The molecule has 0 N–H and O–H groups in total. The van der Waals surface area contributed by atoms with Gasteiger partial charge in [-0.05, 0) is 30.4 Å². The molecule has 23 heavy (non-hydrogen) atoms. The molecule has 0 atom stereocenters. The van der Waals surface area contributed by atoms with Crippen molar-refractivity contribution in [2.24, 2.45) is 0 Å². The van der Waals surface area contributed by atoms with E-state index in [1.807, 2.05) is 0 Å². The van der Waals surface area contributed by atoms with Crippen LogP contribution in [0.15, 0.2) is 43.5 Å². The van der Waals surface area contributed by atoms with E-state index in [9.17, 15) is 27.6 Å². The van der Waals surface area contributed by atoms with Crippen molar-refractivity contribution in [1.82, 2.24) is 0 Å². The molecule has 0 saturated carbocycles. The molecule has 0 spiro atoms. The molecule has 2 amide bonds. The summed E-state index contributed by atoms with van der Waals surface area (Å²) in [6.45, 7) is 6.28. The van der Waals surface area contributed by atoms with Crippen molar-refractivity contribution in [2.75, 3.05) is 12.0 Å². The third-order valence-corrected chi connectivity index (χ3v) is 2.75. The fraction of sp³-hybridized carbons (Fsp3) is 0.133. The van der Waals surface area contributed by atoms with Crippen molar-refractivity contribution in [3.8, 4) is 0 Å². The molecule has 0 saturated heterocycles. The Kier molecular flexibility index (Phi) is 5.45. The average molecular weight is 327 g/mol. The van der Waals surface area contributed by atoms with Gasteiger partial charge >= 0.3 is 12.1 Å². The Morgan fingerprint density at radius 2 is 1.65 bits per heavy atom. The molecule has 0 aliphatic carbocycles. The van der Waals surface area contributed by atoms with Crippen LogP contribution in [0.5, 0.6) is 0 Å². The first-order valence-corrected chi connectivity index (χ1v) is 6.09. The van der Waals surface area contributed by atoms with Crippen LogP contribution in [0.1, 0.15) is 15.9 Å². The standard InChI is InChI=1S/C15H12F3NO4/c1-4-12(20)19(13(21)5-2)11-7-6-9(14(22)23-3)8-10(11)15(16,17)18/h4-8H,1-2H2,3H3. The molecule has 8 heteroatoms. The van der Waals surface area contributed by atoms with E-state index in [1.54, 1.807) is 0 Å². The molecule has 0 bridgehead atoms. The van der Waals surface area contributed by atoms with Gasteiger partial charge < -0.3 is 4.74 Å². The lowest BCUT2D eigenvalue weighted by Gasteiger charge is -2.22. The number of hydrogen-bond donors (Lipinski definition) is 0. The van der Waals surface area contributed by atoms with Gasteiger partial charge in [-0.1, -0.05) is 13.2 Å². The van der Waals surface area contributed by atoms with Gasteiger partial charge in [0, 0.05) is 0 Å². The Morgan fingerprint density at radius 3 is 2.04 bits per heavy atom. The lowest BCUT2D eigenvalue weighted by Crippen LogP contribution is -2.36. The molecule has 0 aliphatic heterocycles. The van der Waals surface area contributed by atoms with Gasteiger partial charge in [0.2, 0.25) is 0 Å². The third kappa shape index (κ3) is 3.85. The van der Waals surface area contributed by atoms with E-state index in [0.29, 0.717) is 18.2 Å². The van der Waals surface area contributed by atoms with Crippen LogP contribution in [-0.2, 0) is 20.5 Å². The zero-order chi connectivity index (χ0) is 17.8. The Labute approximate surface area is 129 Å². The molecule has 122 valence electrons. The molecule has 1 aromatic carbocycles. The minimum Gasteiger partial charge on any atom is -0.465 e. The van der Waals surface area contributed by atoms with E-state index in [0.717, 1.165) is 19.2 Å². The molecule has 1 rings (SSSR count). The second kappa shape index (κ2) is 6.91. The summed E-state index contributed by atoms with van der Waals surface area (Å²) in [5, 5.41) is 0. The lowest BCUT2D eigenvalue weighted by atomic mass is 10.1. The second-order valence-corrected chi connectivity index (χ2v) is 4.14. The van der Waals surface area contributed by atoms with E-state index < -0.39 is 35.2 Å². The summed E-state index contributed by atoms with van der Waals surface area (Å²) < 4.78 is 44.1. The number of ether oxygens (including phenoxy) is 1. The van der Waals surface area contributed by atoms with Crippen LogP contribution < -0.4 is 4.90 Å². The molecular weight excluding hydrogens is 315 g/mol. The molecule has 0 aliphatic rings. The number of imide groups is 1. The van der Waals surface area contributed by atoms with Crippen LogP contribution >= 0.6 is 0 Å². The monoisotopic (exact) mass is 327 g/mol. The van der Waals surface area contributed by atoms with Crippen LogP contribution in [0.3, 0.4) is 0 Å². The predicted molar refractivity (Wildman–Crippen MR) is 75.7 cm³/mol. The van der Waals surface area contributed by atoms with E-state index in [4.69, 9.17) is 0 Å². The zero-order valence-corrected chi connectivity index (χ0v) is 12.0. The molecule has 0 radical (unpaired) electrons. The summed E-state index contributed by atoms with van der Waals surface area (Å²) in [6, 6.07) is 2.34. The van der Waals surface area contributed by atoms with Crippen molar-refractivity contribution in [3.05, 3.63) is 54.6 Å². The molecule has 0 heterocycles. The summed E-state index contributed by atoms with van der Waals surface area (Å²) >= 11 is 0. The fourth-order valence-corrected chi connectivity index (χ4v) is 1.73. The van der Waals surface area contributed by atoms with Gasteiger partial charge in [0.15, 0.2) is 0 Å². The summed E-state index contributed by atoms with van der Waals surface area (Å²) in [4.78, 5) is 35.1. The SMILES string of the molecule is C=CC(=O)N(C(=O)C=C)c1ccc(C(=O)OC)cc1C(F)(F)F. The van der Waals surface area contributed by atoms with Crippen molar-refractivity contribution in [1.29, 1.82) is 0 Å². The highest BCUT2D eigenvalue weighted by Gasteiger charge is 2.37. The van der Waals surface area contributed by atoms with Gasteiger partial charge in [0.25, 0.3) is 11.8 Å². The highest BCUT2D eigenvalue weighted by molar-refractivity contribution is 6.22. The topological polar surface area (TPSA) is 63.7 Å². The Bertz CT molecular complexity index is 660. The van der Waals surface area contributed by atoms with Crippen LogP contribution in [-0.4, -0.2) is 24.9 Å². The first kappa shape index (κ1) is 18.1. The largest absolute Gasteiger partial charge is 0.465 e. The number of hydrogen-bond acceptors (Lipinski definition) is 4. The number of carbonyl (C=O) groups excluding carboxylic acids is 3. The normalized spacial score (nSPS) is 10.6. The maximum Gasteiger partial charge on any atom is 0.418 e. The number of alkyl halides is 3. The molecule has 5 nitrogen and oxygen atoms in total. The first-order valence-electron chi connectivity index (χ1n) is 6.09. The van der Waals surface area contributed by atoms with Crippen LogP contribution in [0.25, 0.3) is 0 Å². The number of nitrogens with zero attached hydrogens (tertiary/aromatic N) is 1. The molecule has 1 aromatic rings. The maximum absolute atomic E-state index is 13.2. The highest BCUT2D eigenvalue weighted by atomic mass is 19.4. The second-order valence-electron chi connectivity index (χ2n) is 4.14. The Hall–Kier alpha value is -2.90. The van der Waals surface area contributed by atoms with E-state index in [-0.39, 0.29) is 10.5 Å². The summed E-state index contributed by atoms with van der Waals surface area (Å²) in [6.07, 6.45) is -3.54. The predicted octanol–water partition coefficient (Wildman–Crippen LogP) is 2.72. The van der Waals surface area contributed by atoms with Gasteiger partial charge in [-0.3, -0.25) is 9.59 Å². The van der Waals surface area contributed by atoms with E-state index in [1.165, 1.54) is 0 Å². The minimum absolute atomic E-state index is 0.268. The number of rotatable bonds is 4. The number of halogens is 3. The van der Waals surface area contributed by atoms with E-state index in [2.05, 4.69) is 17.9 Å². The summed E-state index contributed by atoms with van der Waals surface area (Å²) in [7, 11) is 1.01.